The second kappa shape index (κ2) is 14.9. The molecule has 0 saturated heterocycles. The van der Waals surface area contributed by atoms with Crippen LogP contribution in [0.5, 0.6) is 17.2 Å². The zero-order chi connectivity index (χ0) is 28.3. The number of thioether (sulfide) groups is 1. The lowest BCUT2D eigenvalue weighted by Crippen LogP contribution is -2.19. The molecule has 0 aliphatic carbocycles. The molecule has 40 heavy (non-hydrogen) atoms. The maximum atomic E-state index is 12.2. The molecule has 13 heteroatoms. The molecule has 1 amide bonds. The summed E-state index contributed by atoms with van der Waals surface area (Å²) in [5.74, 6) is 1.55. The van der Waals surface area contributed by atoms with Crippen LogP contribution in [-0.2, 0) is 18.0 Å². The summed E-state index contributed by atoms with van der Waals surface area (Å²) in [4.78, 5) is 12.2. The predicted molar refractivity (Wildman–Crippen MR) is 158 cm³/mol. The van der Waals surface area contributed by atoms with E-state index in [9.17, 15) is 4.79 Å². The third-order valence-corrected chi connectivity index (χ3v) is 6.88. The number of ether oxygens (including phenoxy) is 3. The monoisotopic (exact) mass is 664 g/mol. The molecule has 0 aliphatic heterocycles. The fourth-order valence-electron chi connectivity index (χ4n) is 3.16. The molecule has 0 bridgehead atoms. The first kappa shape index (κ1) is 29.7. The Morgan fingerprint density at radius 3 is 2.55 bits per heavy atom. The molecule has 3 aromatic carbocycles. The molecule has 4 aromatic rings. The summed E-state index contributed by atoms with van der Waals surface area (Å²) in [7, 11) is 0. The Hall–Kier alpha value is -3.25. The lowest BCUT2D eigenvalue weighted by molar-refractivity contribution is -0.118. The minimum atomic E-state index is -0.343. The molecule has 0 saturated carbocycles. The van der Waals surface area contributed by atoms with Gasteiger partial charge in [-0.1, -0.05) is 63.0 Å². The van der Waals surface area contributed by atoms with Crippen LogP contribution in [-0.4, -0.2) is 34.7 Å². The van der Waals surface area contributed by atoms with Gasteiger partial charge in [-0.2, -0.15) is 5.10 Å². The smallest absolute Gasteiger partial charge is 0.277 e. The van der Waals surface area contributed by atoms with E-state index < -0.39 is 0 Å². The van der Waals surface area contributed by atoms with Crippen molar-refractivity contribution in [1.29, 1.82) is 0 Å². The number of hydrazone groups is 1. The molecule has 4 rings (SSSR count). The average Bonchev–Trinajstić information content (AvgIpc) is 3.40. The van der Waals surface area contributed by atoms with Crippen molar-refractivity contribution >= 4 is 63.0 Å². The van der Waals surface area contributed by atoms with Crippen LogP contribution >= 0.6 is 50.9 Å². The maximum absolute atomic E-state index is 12.2. The first-order valence-electron chi connectivity index (χ1n) is 11.9. The number of aromatic nitrogens is 2. The molecule has 0 atom stereocenters. The molecule has 208 valence electrons. The Morgan fingerprint density at radius 2 is 1.77 bits per heavy atom. The van der Waals surface area contributed by atoms with Crippen LogP contribution in [0.25, 0.3) is 0 Å². The third kappa shape index (κ3) is 9.16. The van der Waals surface area contributed by atoms with E-state index in [-0.39, 0.29) is 29.4 Å². The Morgan fingerprint density at radius 1 is 1.00 bits per heavy atom. The molecule has 9 nitrogen and oxygen atoms in total. The molecular formula is C27H23BrCl2N4O5S. The van der Waals surface area contributed by atoms with Crippen LogP contribution < -0.4 is 19.6 Å². The van der Waals surface area contributed by atoms with Gasteiger partial charge in [0.2, 0.25) is 0 Å². The first-order valence-corrected chi connectivity index (χ1v) is 14.4. The van der Waals surface area contributed by atoms with E-state index in [2.05, 4.69) is 36.7 Å². The lowest BCUT2D eigenvalue weighted by atomic mass is 10.2. The minimum Gasteiger partial charge on any atom is -0.490 e. The van der Waals surface area contributed by atoms with Crippen molar-refractivity contribution < 1.29 is 23.4 Å². The number of carbonyl (C=O) groups is 1. The van der Waals surface area contributed by atoms with Crippen molar-refractivity contribution in [3.63, 3.8) is 0 Å². The molecular weight excluding hydrogens is 643 g/mol. The highest BCUT2D eigenvalue weighted by Crippen LogP contribution is 2.30. The minimum absolute atomic E-state index is 0.0171. The van der Waals surface area contributed by atoms with Crippen LogP contribution in [0, 0.1) is 0 Å². The first-order chi connectivity index (χ1) is 19.4. The molecule has 0 unspecified atom stereocenters. The van der Waals surface area contributed by atoms with Gasteiger partial charge in [-0.25, -0.2) is 5.43 Å². The Kier molecular flexibility index (Phi) is 11.1. The second-order valence-corrected chi connectivity index (χ2v) is 10.6. The summed E-state index contributed by atoms with van der Waals surface area (Å²) >= 11 is 16.5. The summed E-state index contributed by atoms with van der Waals surface area (Å²) < 4.78 is 23.7. The van der Waals surface area contributed by atoms with E-state index in [0.717, 1.165) is 27.4 Å². The number of rotatable bonds is 13. The molecule has 0 spiro atoms. The number of nitrogens with one attached hydrogen (secondary N) is 1. The van der Waals surface area contributed by atoms with Gasteiger partial charge in [-0.15, -0.1) is 10.2 Å². The highest BCUT2D eigenvalue weighted by atomic mass is 79.9. The number of benzene rings is 3. The number of amides is 1. The Balaban J connectivity index is 1.23. The van der Waals surface area contributed by atoms with Crippen molar-refractivity contribution in [3.05, 3.63) is 92.2 Å². The van der Waals surface area contributed by atoms with Gasteiger partial charge in [-0.3, -0.25) is 4.79 Å². The van der Waals surface area contributed by atoms with Crippen LogP contribution in [0.15, 0.2) is 79.9 Å². The van der Waals surface area contributed by atoms with Crippen molar-refractivity contribution in [2.75, 3.05) is 12.4 Å². The van der Waals surface area contributed by atoms with Gasteiger partial charge < -0.3 is 18.6 Å². The average molecular weight is 666 g/mol. The summed E-state index contributed by atoms with van der Waals surface area (Å²) in [6.45, 7) is 2.79. The van der Waals surface area contributed by atoms with Gasteiger partial charge in [0.15, 0.2) is 18.1 Å². The molecule has 0 fully saturated rings. The summed E-state index contributed by atoms with van der Waals surface area (Å²) in [6.07, 6.45) is 1.52. The molecule has 1 heterocycles. The molecule has 1 N–H and O–H groups in total. The van der Waals surface area contributed by atoms with E-state index in [1.165, 1.54) is 6.21 Å². The van der Waals surface area contributed by atoms with Crippen LogP contribution in [0.4, 0.5) is 0 Å². The van der Waals surface area contributed by atoms with Crippen molar-refractivity contribution in [3.8, 4) is 17.2 Å². The fourth-order valence-corrected chi connectivity index (χ4v) is 4.46. The highest BCUT2D eigenvalue weighted by Gasteiger charge is 2.12. The highest BCUT2D eigenvalue weighted by molar-refractivity contribution is 9.10. The zero-order valence-corrected chi connectivity index (χ0v) is 25.0. The number of halogens is 3. The van der Waals surface area contributed by atoms with Crippen LogP contribution in [0.3, 0.4) is 0 Å². The Bertz CT molecular complexity index is 1470. The molecule has 1 aromatic heterocycles. The van der Waals surface area contributed by atoms with E-state index in [0.29, 0.717) is 40.5 Å². The predicted octanol–water partition coefficient (Wildman–Crippen LogP) is 6.94. The van der Waals surface area contributed by atoms with Gasteiger partial charge >= 0.3 is 0 Å². The largest absolute Gasteiger partial charge is 0.490 e. The second-order valence-electron chi connectivity index (χ2n) is 7.96. The third-order valence-electron chi connectivity index (χ3n) is 5.00. The van der Waals surface area contributed by atoms with Crippen LogP contribution in [0.1, 0.15) is 23.9 Å². The fraction of sp³-hybridized carbons (Fsp3) is 0.185. The van der Waals surface area contributed by atoms with Gasteiger partial charge in [0, 0.05) is 9.50 Å². The zero-order valence-electron chi connectivity index (χ0n) is 21.1. The maximum Gasteiger partial charge on any atom is 0.277 e. The van der Waals surface area contributed by atoms with Gasteiger partial charge in [0.25, 0.3) is 17.0 Å². The van der Waals surface area contributed by atoms with Crippen molar-refractivity contribution in [1.82, 2.24) is 15.6 Å². The number of hydrogen-bond acceptors (Lipinski definition) is 9. The lowest BCUT2D eigenvalue weighted by Gasteiger charge is -2.12. The van der Waals surface area contributed by atoms with Crippen molar-refractivity contribution in [2.45, 2.75) is 25.4 Å². The SMILES string of the molecule is CCOc1cc(/C=N\NC(=O)CSc2nnc(COc3ccc(Cl)cc3Cl)o2)ccc1OCc1ccc(Br)cc1. The molecule has 0 radical (unpaired) electrons. The molecule has 0 aliphatic rings. The van der Waals surface area contributed by atoms with Gasteiger partial charge in [0.05, 0.1) is 23.6 Å². The normalized spacial score (nSPS) is 11.0. The van der Waals surface area contributed by atoms with Gasteiger partial charge in [0.1, 0.15) is 12.4 Å². The standard InChI is InChI=1S/C27H23BrCl2N4O5S/c1-2-36-24-11-18(5-9-23(24)37-14-17-3-6-19(28)7-4-17)13-31-32-25(35)16-40-27-34-33-26(39-27)15-38-22-10-8-20(29)12-21(22)30/h3-13H,2,14-16H2,1H3,(H,32,35)/b31-13-. The van der Waals surface area contributed by atoms with E-state index in [4.69, 9.17) is 41.8 Å². The van der Waals surface area contributed by atoms with E-state index >= 15 is 0 Å². The van der Waals surface area contributed by atoms with Gasteiger partial charge in [-0.05, 0) is 66.6 Å². The van der Waals surface area contributed by atoms with Crippen molar-refractivity contribution in [2.24, 2.45) is 5.10 Å². The van der Waals surface area contributed by atoms with Crippen LogP contribution in [0.2, 0.25) is 10.0 Å². The Labute approximate surface area is 253 Å². The van der Waals surface area contributed by atoms with E-state index in [1.54, 1.807) is 30.3 Å². The number of nitrogens with zero attached hydrogens (tertiary/aromatic N) is 3. The van der Waals surface area contributed by atoms with E-state index in [1.807, 2.05) is 37.3 Å². The summed E-state index contributed by atoms with van der Waals surface area (Å²) in [5.41, 5.74) is 4.24. The summed E-state index contributed by atoms with van der Waals surface area (Å²) in [5, 5.41) is 12.9. The summed E-state index contributed by atoms with van der Waals surface area (Å²) in [6, 6.07) is 18.2. The number of carbonyl (C=O) groups excluding carboxylic acids is 1. The topological polar surface area (TPSA) is 108 Å². The number of hydrogen-bond donors (Lipinski definition) is 1. The quantitative estimate of drug-likeness (QED) is 0.0930.